The van der Waals surface area contributed by atoms with E-state index in [9.17, 15) is 0 Å². The van der Waals surface area contributed by atoms with Gasteiger partial charge in [-0.2, -0.15) is 0 Å². The van der Waals surface area contributed by atoms with Crippen LogP contribution in [-0.2, 0) is 4.74 Å². The third kappa shape index (κ3) is 1.52. The first-order chi connectivity index (χ1) is 2.81. The van der Waals surface area contributed by atoms with Gasteiger partial charge in [0.25, 0.3) is 0 Å². The number of rotatable bonds is 2. The Morgan fingerprint density at radius 2 is 2.50 bits per heavy atom. The van der Waals surface area contributed by atoms with Gasteiger partial charge in [-0.05, 0) is 0 Å². The molecule has 1 N–H and O–H groups in total. The second kappa shape index (κ2) is 2.45. The first-order valence-corrected chi connectivity index (χ1v) is 1.54. The summed E-state index contributed by atoms with van der Waals surface area (Å²) in [6.45, 7) is 3.33. The molecule has 0 aliphatic carbocycles. The van der Waals surface area contributed by atoms with Crippen LogP contribution in [0.4, 0.5) is 0 Å². The quantitative estimate of drug-likeness (QED) is 0.390. The average molecular weight is 85.1 g/mol. The van der Waals surface area contributed by atoms with Gasteiger partial charge in [0.15, 0.2) is 0 Å². The normalized spacial score (nSPS) is 6.83. The van der Waals surface area contributed by atoms with E-state index in [2.05, 4.69) is 11.3 Å². The molecule has 34 valence electrons. The zero-order valence-corrected chi connectivity index (χ0v) is 3.69. The molecule has 0 aromatic heterocycles. The van der Waals surface area contributed by atoms with Crippen LogP contribution in [0.25, 0.3) is 0 Å². The number of methoxy groups -OCH3 is 1. The Morgan fingerprint density at radius 3 is 2.50 bits per heavy atom. The maximum absolute atomic E-state index is 6.46. The molecule has 0 saturated heterocycles. The lowest BCUT2D eigenvalue weighted by Crippen LogP contribution is -1.80. The van der Waals surface area contributed by atoms with Crippen molar-refractivity contribution >= 4 is 6.21 Å². The minimum Gasteiger partial charge on any atom is -0.496 e. The maximum atomic E-state index is 6.46. The van der Waals surface area contributed by atoms with Crippen molar-refractivity contribution in [2.45, 2.75) is 0 Å². The van der Waals surface area contributed by atoms with Crippen LogP contribution in [0, 0.1) is 5.41 Å². The van der Waals surface area contributed by atoms with Crippen LogP contribution in [0.5, 0.6) is 0 Å². The highest BCUT2D eigenvalue weighted by atomic mass is 16.5. The van der Waals surface area contributed by atoms with Crippen molar-refractivity contribution in [3.05, 3.63) is 12.3 Å². The van der Waals surface area contributed by atoms with Crippen molar-refractivity contribution in [1.29, 1.82) is 5.41 Å². The van der Waals surface area contributed by atoms with Gasteiger partial charge in [-0.15, -0.1) is 0 Å². The first kappa shape index (κ1) is 5.21. The van der Waals surface area contributed by atoms with Crippen molar-refractivity contribution in [3.8, 4) is 0 Å². The average Bonchev–Trinajstić information content (AvgIpc) is 1.65. The SMILES string of the molecule is C=C(C=N)OC. The highest BCUT2D eigenvalue weighted by Gasteiger charge is 1.73. The van der Waals surface area contributed by atoms with E-state index in [1.807, 2.05) is 0 Å². The van der Waals surface area contributed by atoms with E-state index in [4.69, 9.17) is 5.41 Å². The summed E-state index contributed by atoms with van der Waals surface area (Å²) in [6.07, 6.45) is 1.06. The van der Waals surface area contributed by atoms with E-state index >= 15 is 0 Å². The van der Waals surface area contributed by atoms with Gasteiger partial charge in [-0.3, -0.25) is 0 Å². The summed E-state index contributed by atoms with van der Waals surface area (Å²) < 4.78 is 4.46. The molecule has 0 saturated carbocycles. The predicted molar refractivity (Wildman–Crippen MR) is 24.9 cm³/mol. The number of hydrogen-bond donors (Lipinski definition) is 1. The molecule has 0 atom stereocenters. The summed E-state index contributed by atoms with van der Waals surface area (Å²) in [5.41, 5.74) is 0. The molecule has 2 nitrogen and oxygen atoms in total. The van der Waals surface area contributed by atoms with Gasteiger partial charge < -0.3 is 10.1 Å². The zero-order valence-electron chi connectivity index (χ0n) is 3.69. The monoisotopic (exact) mass is 85.1 g/mol. The van der Waals surface area contributed by atoms with Crippen molar-refractivity contribution in [1.82, 2.24) is 0 Å². The Morgan fingerprint density at radius 1 is 2.00 bits per heavy atom. The van der Waals surface area contributed by atoms with Crippen LogP contribution in [0.2, 0.25) is 0 Å². The smallest absolute Gasteiger partial charge is 0.129 e. The summed E-state index contributed by atoms with van der Waals surface area (Å²) in [7, 11) is 1.48. The number of hydrogen-bond acceptors (Lipinski definition) is 2. The van der Waals surface area contributed by atoms with Gasteiger partial charge in [0.05, 0.1) is 13.3 Å². The van der Waals surface area contributed by atoms with Crippen molar-refractivity contribution < 1.29 is 4.74 Å². The summed E-state index contributed by atoms with van der Waals surface area (Å²) in [5.74, 6) is 0.384. The Hall–Kier alpha value is -0.790. The zero-order chi connectivity index (χ0) is 4.99. The topological polar surface area (TPSA) is 33.1 Å². The van der Waals surface area contributed by atoms with Gasteiger partial charge >= 0.3 is 0 Å². The second-order valence-electron chi connectivity index (χ2n) is 0.815. The minimum absolute atomic E-state index is 0.384. The molecule has 6 heavy (non-hydrogen) atoms. The maximum Gasteiger partial charge on any atom is 0.129 e. The largest absolute Gasteiger partial charge is 0.496 e. The molecule has 0 rings (SSSR count). The van der Waals surface area contributed by atoms with E-state index < -0.39 is 0 Å². The van der Waals surface area contributed by atoms with Crippen LogP contribution < -0.4 is 0 Å². The summed E-state index contributed by atoms with van der Waals surface area (Å²) in [5, 5.41) is 6.46. The number of ether oxygens (including phenoxy) is 1. The molecule has 0 unspecified atom stereocenters. The fraction of sp³-hybridized carbons (Fsp3) is 0.250. The van der Waals surface area contributed by atoms with E-state index in [-0.39, 0.29) is 0 Å². The van der Waals surface area contributed by atoms with E-state index in [1.165, 1.54) is 7.11 Å². The van der Waals surface area contributed by atoms with Crippen LogP contribution in [0.15, 0.2) is 12.3 Å². The highest BCUT2D eigenvalue weighted by molar-refractivity contribution is 5.71. The van der Waals surface area contributed by atoms with Gasteiger partial charge in [-0.25, -0.2) is 0 Å². The molecule has 0 heterocycles. The third-order valence-corrected chi connectivity index (χ3v) is 0.423. The summed E-state index contributed by atoms with van der Waals surface area (Å²) >= 11 is 0. The van der Waals surface area contributed by atoms with Crippen molar-refractivity contribution in [2.75, 3.05) is 7.11 Å². The fourth-order valence-corrected chi connectivity index (χ4v) is 0.0589. The Kier molecular flexibility index (Phi) is 2.13. The molecule has 0 spiro atoms. The lowest BCUT2D eigenvalue weighted by atomic mass is 10.6. The van der Waals surface area contributed by atoms with Gasteiger partial charge in [0, 0.05) is 0 Å². The Balaban J connectivity index is 3.23. The van der Waals surface area contributed by atoms with Crippen molar-refractivity contribution in [2.24, 2.45) is 0 Å². The van der Waals surface area contributed by atoms with E-state index in [0.717, 1.165) is 6.21 Å². The minimum atomic E-state index is 0.384. The van der Waals surface area contributed by atoms with Crippen LogP contribution in [0.1, 0.15) is 0 Å². The second-order valence-corrected chi connectivity index (χ2v) is 0.815. The molecule has 0 aromatic carbocycles. The molecule has 0 fully saturated rings. The van der Waals surface area contributed by atoms with Crippen LogP contribution in [-0.4, -0.2) is 13.3 Å². The molecule has 0 aliphatic heterocycles. The van der Waals surface area contributed by atoms with Crippen molar-refractivity contribution in [3.63, 3.8) is 0 Å². The standard InChI is InChI=1S/C4H7NO/c1-4(3-5)6-2/h3,5H,1H2,2H3. The Labute approximate surface area is 36.9 Å². The summed E-state index contributed by atoms with van der Waals surface area (Å²) in [4.78, 5) is 0. The molecule has 0 aliphatic rings. The van der Waals surface area contributed by atoms with Gasteiger partial charge in [-0.1, -0.05) is 6.58 Å². The highest BCUT2D eigenvalue weighted by Crippen LogP contribution is 1.78. The first-order valence-electron chi connectivity index (χ1n) is 1.54. The molecule has 0 amide bonds. The molecule has 0 radical (unpaired) electrons. The fourth-order valence-electron chi connectivity index (χ4n) is 0.0589. The third-order valence-electron chi connectivity index (χ3n) is 0.423. The van der Waals surface area contributed by atoms with Crippen LogP contribution >= 0.6 is 0 Å². The van der Waals surface area contributed by atoms with Gasteiger partial charge in [0.2, 0.25) is 0 Å². The molecular weight excluding hydrogens is 78.0 g/mol. The lowest BCUT2D eigenvalue weighted by molar-refractivity contribution is 0.319. The van der Waals surface area contributed by atoms with Crippen LogP contribution in [0.3, 0.4) is 0 Å². The van der Waals surface area contributed by atoms with Gasteiger partial charge in [0.1, 0.15) is 5.76 Å². The van der Waals surface area contributed by atoms with E-state index in [0.29, 0.717) is 5.76 Å². The predicted octanol–water partition coefficient (Wildman–Crippen LogP) is 0.796. The van der Waals surface area contributed by atoms with E-state index in [1.54, 1.807) is 0 Å². The lowest BCUT2D eigenvalue weighted by Gasteiger charge is -1.89. The molecular formula is C4H7NO. The Bertz CT molecular complexity index is 67.9. The number of allylic oxidation sites excluding steroid dienone is 1. The summed E-state index contributed by atoms with van der Waals surface area (Å²) in [6, 6.07) is 0. The number of nitrogens with one attached hydrogen (secondary N) is 1. The molecule has 2 heteroatoms. The molecule has 0 bridgehead atoms. The molecule has 0 aromatic rings.